The van der Waals surface area contributed by atoms with Gasteiger partial charge < -0.3 is 44.6 Å². The number of carboxylic acids is 2. The Labute approximate surface area is 243 Å². The number of hydrogen-bond acceptors (Lipinski definition) is 12. The molecule has 4 atom stereocenters. The minimum absolute atomic E-state index is 0. The Kier molecular flexibility index (Phi) is 29.1. The molecule has 14 N–H and O–H groups in total. The number of aliphatic carboxylic acids is 2. The maximum Gasteiger partial charge on any atom is 0.332 e. The molecule has 36 heavy (non-hydrogen) atoms. The standard InChI is InChI=1S/C18H36N6O6S2.4ClH/c19-7-3-1-5-11(21)13(25)17(23,15(27)28)9-31-32-10-18(24,16(29)30)14(26)12(22)6-2-4-8-20;;;;/h11-12H,1-10,19-24H2,(H,27,28)(H,29,30);4*1H/t11-,12-,17+,18+;;;;/m0..../s1. The van der Waals surface area contributed by atoms with Crippen molar-refractivity contribution in [1.82, 2.24) is 0 Å². The molecule has 0 rings (SSSR count). The second-order valence-corrected chi connectivity index (χ2v) is 10.1. The van der Waals surface area contributed by atoms with Crippen LogP contribution in [0.4, 0.5) is 0 Å². The van der Waals surface area contributed by atoms with Crippen molar-refractivity contribution in [2.45, 2.75) is 61.7 Å². The number of carbonyl (C=O) groups excluding carboxylic acids is 2. The number of carbonyl (C=O) groups is 4. The van der Waals surface area contributed by atoms with E-state index in [2.05, 4.69) is 0 Å². The first-order valence-corrected chi connectivity index (χ1v) is 12.7. The average molecular weight is 642 g/mol. The van der Waals surface area contributed by atoms with Crippen LogP contribution < -0.4 is 34.4 Å². The molecule has 0 aromatic rings. The van der Waals surface area contributed by atoms with Crippen molar-refractivity contribution in [1.29, 1.82) is 0 Å². The average Bonchev–Trinajstić information content (AvgIpc) is 2.74. The van der Waals surface area contributed by atoms with E-state index in [1.807, 2.05) is 0 Å². The molecule has 0 spiro atoms. The van der Waals surface area contributed by atoms with Crippen LogP contribution in [0.25, 0.3) is 0 Å². The minimum atomic E-state index is -2.27. The van der Waals surface area contributed by atoms with Crippen molar-refractivity contribution in [3.05, 3.63) is 0 Å². The van der Waals surface area contributed by atoms with Crippen LogP contribution in [0.3, 0.4) is 0 Å². The van der Waals surface area contributed by atoms with Gasteiger partial charge in [-0.15, -0.1) is 49.6 Å². The summed E-state index contributed by atoms with van der Waals surface area (Å²) < 4.78 is 0. The molecule has 0 saturated heterocycles. The largest absolute Gasteiger partial charge is 0.480 e. The number of halogens is 4. The van der Waals surface area contributed by atoms with Crippen molar-refractivity contribution < 1.29 is 29.4 Å². The molecule has 0 aliphatic carbocycles. The first kappa shape index (κ1) is 45.8. The molecule has 18 heteroatoms. The second-order valence-electron chi connectivity index (χ2n) is 7.59. The lowest BCUT2D eigenvalue weighted by Crippen LogP contribution is -2.62. The fraction of sp³-hybridized carbons (Fsp3) is 0.778. The van der Waals surface area contributed by atoms with Crippen LogP contribution in [0.15, 0.2) is 0 Å². The summed E-state index contributed by atoms with van der Waals surface area (Å²) in [7, 11) is 1.64. The SMILES string of the molecule is Cl.Cl.Cl.Cl.NCCCC[C@H](N)C(=O)[C@](N)(CSSC[C@](N)(C(=O)O)C(=O)[C@@H](N)CCCCN)C(=O)O. The van der Waals surface area contributed by atoms with Crippen molar-refractivity contribution in [3.8, 4) is 0 Å². The summed E-state index contributed by atoms with van der Waals surface area (Å²) in [4.78, 5) is 48.4. The molecular weight excluding hydrogens is 602 g/mol. The van der Waals surface area contributed by atoms with E-state index in [0.717, 1.165) is 21.6 Å². The van der Waals surface area contributed by atoms with Crippen LogP contribution in [0.2, 0.25) is 0 Å². The summed E-state index contributed by atoms with van der Waals surface area (Å²) in [6, 6.07) is -2.15. The van der Waals surface area contributed by atoms with Gasteiger partial charge in [-0.3, -0.25) is 9.59 Å². The summed E-state index contributed by atoms with van der Waals surface area (Å²) in [6.07, 6.45) is 2.83. The molecular formula is C18H40Cl4N6O6S2. The van der Waals surface area contributed by atoms with Gasteiger partial charge in [0.2, 0.25) is 0 Å². The first-order valence-electron chi connectivity index (χ1n) is 10.2. The van der Waals surface area contributed by atoms with Gasteiger partial charge >= 0.3 is 11.9 Å². The Hall–Kier alpha value is -0.100. The molecule has 0 unspecified atom stereocenters. The van der Waals surface area contributed by atoms with Gasteiger partial charge in [0.15, 0.2) is 22.6 Å². The number of ketones is 2. The lowest BCUT2D eigenvalue weighted by Gasteiger charge is -2.28. The highest BCUT2D eigenvalue weighted by Gasteiger charge is 2.46. The van der Waals surface area contributed by atoms with Crippen LogP contribution >= 0.6 is 71.2 Å². The Bertz CT molecular complexity index is 622. The topological polar surface area (TPSA) is 265 Å². The van der Waals surface area contributed by atoms with E-state index in [4.69, 9.17) is 34.4 Å². The van der Waals surface area contributed by atoms with Gasteiger partial charge in [0.1, 0.15) is 0 Å². The van der Waals surface area contributed by atoms with Crippen LogP contribution in [0, 0.1) is 0 Å². The van der Waals surface area contributed by atoms with Crippen molar-refractivity contribution >= 4 is 94.7 Å². The number of carboxylic acid groups (broad SMARTS) is 2. The first-order chi connectivity index (χ1) is 14.9. The number of nitrogens with two attached hydrogens (primary N) is 6. The number of rotatable bonds is 19. The molecule has 0 saturated carbocycles. The smallest absolute Gasteiger partial charge is 0.332 e. The summed E-state index contributed by atoms with van der Waals surface area (Å²) in [5.74, 6) is -5.60. The second kappa shape index (κ2) is 22.8. The zero-order chi connectivity index (χ0) is 24.9. The molecule has 0 aromatic carbocycles. The van der Waals surface area contributed by atoms with Gasteiger partial charge in [0.25, 0.3) is 0 Å². The summed E-state index contributed by atoms with van der Waals surface area (Å²) >= 11 is 0. The van der Waals surface area contributed by atoms with Crippen LogP contribution in [0.1, 0.15) is 38.5 Å². The summed E-state index contributed by atoms with van der Waals surface area (Å²) in [5.41, 5.74) is 29.5. The lowest BCUT2D eigenvalue weighted by atomic mass is 9.90. The van der Waals surface area contributed by atoms with E-state index in [-0.39, 0.29) is 62.5 Å². The van der Waals surface area contributed by atoms with Gasteiger partial charge in [-0.05, 0) is 38.8 Å². The molecule has 0 aliphatic rings. The highest BCUT2D eigenvalue weighted by molar-refractivity contribution is 8.76. The van der Waals surface area contributed by atoms with Gasteiger partial charge in [-0.25, -0.2) is 9.59 Å². The molecule has 0 aliphatic heterocycles. The monoisotopic (exact) mass is 640 g/mol. The molecule has 0 radical (unpaired) electrons. The molecule has 0 fully saturated rings. The maximum atomic E-state index is 12.5. The van der Waals surface area contributed by atoms with E-state index in [9.17, 15) is 29.4 Å². The Morgan fingerprint density at radius 1 is 0.639 bits per heavy atom. The minimum Gasteiger partial charge on any atom is -0.480 e. The third-order valence-corrected chi connectivity index (χ3v) is 7.43. The predicted molar refractivity (Wildman–Crippen MR) is 155 cm³/mol. The van der Waals surface area contributed by atoms with Crippen LogP contribution in [0.5, 0.6) is 0 Å². The zero-order valence-corrected chi connectivity index (χ0v) is 24.6. The summed E-state index contributed by atoms with van der Waals surface area (Å²) in [5, 5.41) is 19.0. The maximum absolute atomic E-state index is 12.5. The summed E-state index contributed by atoms with van der Waals surface area (Å²) in [6.45, 7) is 0.833. The van der Waals surface area contributed by atoms with Crippen LogP contribution in [-0.4, -0.2) is 81.5 Å². The van der Waals surface area contributed by atoms with Gasteiger partial charge in [-0.1, -0.05) is 34.4 Å². The normalized spacial score (nSPS) is 15.2. The van der Waals surface area contributed by atoms with E-state index in [1.165, 1.54) is 0 Å². The molecule has 218 valence electrons. The van der Waals surface area contributed by atoms with Crippen LogP contribution in [-0.2, 0) is 19.2 Å². The van der Waals surface area contributed by atoms with E-state index >= 15 is 0 Å². The zero-order valence-electron chi connectivity index (χ0n) is 19.7. The lowest BCUT2D eigenvalue weighted by molar-refractivity contribution is -0.149. The molecule has 0 heterocycles. The number of unbranched alkanes of at least 4 members (excludes halogenated alkanes) is 2. The van der Waals surface area contributed by atoms with Crippen molar-refractivity contribution in [2.24, 2.45) is 34.4 Å². The van der Waals surface area contributed by atoms with Crippen molar-refractivity contribution in [3.63, 3.8) is 0 Å². The Morgan fingerprint density at radius 3 is 1.14 bits per heavy atom. The third kappa shape index (κ3) is 14.2. The van der Waals surface area contributed by atoms with E-state index < -0.39 is 58.2 Å². The van der Waals surface area contributed by atoms with E-state index in [0.29, 0.717) is 38.8 Å². The predicted octanol–water partition coefficient (Wildman–Crippen LogP) is -0.330. The molecule has 0 bridgehead atoms. The number of hydrogen-bond donors (Lipinski definition) is 8. The number of Topliss-reactive ketones (excluding diaryl/α,β-unsaturated/α-hetero) is 2. The highest BCUT2D eigenvalue weighted by atomic mass is 35.5. The Balaban J connectivity index is -0.000000801. The molecule has 0 aromatic heterocycles. The fourth-order valence-corrected chi connectivity index (χ4v) is 5.37. The quantitative estimate of drug-likeness (QED) is 0.0510. The van der Waals surface area contributed by atoms with Crippen molar-refractivity contribution in [2.75, 3.05) is 24.6 Å². The van der Waals surface area contributed by atoms with Gasteiger partial charge in [0.05, 0.1) is 12.1 Å². The van der Waals surface area contributed by atoms with E-state index in [1.54, 1.807) is 0 Å². The fourth-order valence-electron chi connectivity index (χ4n) is 2.69. The van der Waals surface area contributed by atoms with Gasteiger partial charge in [0, 0.05) is 11.5 Å². The Morgan fingerprint density at radius 2 is 0.917 bits per heavy atom. The third-order valence-electron chi connectivity index (χ3n) is 4.91. The highest BCUT2D eigenvalue weighted by Crippen LogP contribution is 2.30. The molecule has 12 nitrogen and oxygen atoms in total. The molecule has 0 amide bonds. The van der Waals surface area contributed by atoms with Gasteiger partial charge in [-0.2, -0.15) is 0 Å².